The van der Waals surface area contributed by atoms with Gasteiger partial charge in [-0.1, -0.05) is 42.5 Å². The van der Waals surface area contributed by atoms with Crippen LogP contribution >= 0.6 is 0 Å². The van der Waals surface area contributed by atoms with Gasteiger partial charge >= 0.3 is 11.7 Å². The van der Waals surface area contributed by atoms with E-state index in [4.69, 9.17) is 9.15 Å². The summed E-state index contributed by atoms with van der Waals surface area (Å²) in [6.45, 7) is 0.211. The first kappa shape index (κ1) is 15.2. The molecular formula is C20H15NO4. The van der Waals surface area contributed by atoms with E-state index in [1.54, 1.807) is 24.3 Å². The van der Waals surface area contributed by atoms with Gasteiger partial charge in [0.25, 0.3) is 0 Å². The van der Waals surface area contributed by atoms with Gasteiger partial charge in [0, 0.05) is 6.54 Å². The number of carbonyl (C=O) groups is 1. The molecule has 0 aliphatic carbocycles. The molecule has 1 aromatic heterocycles. The second kappa shape index (κ2) is 6.28. The molecule has 3 aromatic carbocycles. The average molecular weight is 333 g/mol. The maximum Gasteiger partial charge on any atom is 0.419 e. The second-order valence-corrected chi connectivity index (χ2v) is 5.72. The number of carbonyl (C=O) groups excluding carboxylic acids is 1. The van der Waals surface area contributed by atoms with E-state index < -0.39 is 11.7 Å². The lowest BCUT2D eigenvalue weighted by atomic mass is 10.1. The highest BCUT2D eigenvalue weighted by atomic mass is 16.5. The van der Waals surface area contributed by atoms with Crippen LogP contribution in [0.4, 0.5) is 0 Å². The van der Waals surface area contributed by atoms with Crippen molar-refractivity contribution >= 4 is 27.8 Å². The summed E-state index contributed by atoms with van der Waals surface area (Å²) in [5.74, 6) is -0.375. The van der Waals surface area contributed by atoms with Crippen LogP contribution in [0.25, 0.3) is 21.9 Å². The second-order valence-electron chi connectivity index (χ2n) is 5.72. The molecule has 0 radical (unpaired) electrons. The van der Waals surface area contributed by atoms with Crippen LogP contribution in [0.2, 0.25) is 0 Å². The van der Waals surface area contributed by atoms with Crippen LogP contribution in [-0.2, 0) is 11.3 Å². The van der Waals surface area contributed by atoms with Crippen LogP contribution in [0.3, 0.4) is 0 Å². The summed E-state index contributed by atoms with van der Waals surface area (Å²) in [5, 5.41) is 2.09. The van der Waals surface area contributed by atoms with Crippen LogP contribution in [0.1, 0.15) is 6.42 Å². The molecular weight excluding hydrogens is 318 g/mol. The molecule has 0 fully saturated rings. The Bertz CT molecular complexity index is 1120. The number of hydrogen-bond acceptors (Lipinski definition) is 4. The van der Waals surface area contributed by atoms with Crippen molar-refractivity contribution in [2.24, 2.45) is 0 Å². The van der Waals surface area contributed by atoms with E-state index >= 15 is 0 Å². The van der Waals surface area contributed by atoms with Gasteiger partial charge in [-0.05, 0) is 35.0 Å². The Morgan fingerprint density at radius 2 is 1.72 bits per heavy atom. The first-order chi connectivity index (χ1) is 12.2. The fraction of sp³-hybridized carbons (Fsp3) is 0.100. The molecule has 0 atom stereocenters. The van der Waals surface area contributed by atoms with Gasteiger partial charge < -0.3 is 9.15 Å². The molecule has 5 heteroatoms. The van der Waals surface area contributed by atoms with Gasteiger partial charge in [0.1, 0.15) is 5.75 Å². The van der Waals surface area contributed by atoms with Crippen LogP contribution in [0.15, 0.2) is 75.9 Å². The molecule has 0 unspecified atom stereocenters. The van der Waals surface area contributed by atoms with Gasteiger partial charge in [-0.25, -0.2) is 4.79 Å². The number of para-hydroxylation sites is 2. The molecule has 0 saturated carbocycles. The third-order valence-corrected chi connectivity index (χ3v) is 4.07. The Kier molecular flexibility index (Phi) is 3.82. The molecule has 0 amide bonds. The summed E-state index contributed by atoms with van der Waals surface area (Å²) >= 11 is 0. The number of nitrogens with zero attached hydrogens (tertiary/aromatic N) is 1. The number of benzene rings is 3. The SMILES string of the molecule is O=C(CCn1c(=O)oc2ccccc21)Oc1ccc2ccccc2c1. The predicted molar refractivity (Wildman–Crippen MR) is 94.7 cm³/mol. The first-order valence-electron chi connectivity index (χ1n) is 7.98. The average Bonchev–Trinajstić information content (AvgIpc) is 2.95. The molecule has 0 N–H and O–H groups in total. The topological polar surface area (TPSA) is 61.4 Å². The highest BCUT2D eigenvalue weighted by Crippen LogP contribution is 2.21. The predicted octanol–water partition coefficient (Wildman–Crippen LogP) is 3.74. The number of fused-ring (bicyclic) bond motifs is 2. The molecule has 0 bridgehead atoms. The summed E-state index contributed by atoms with van der Waals surface area (Å²) in [6.07, 6.45) is 0.0796. The summed E-state index contributed by atoms with van der Waals surface area (Å²) in [6, 6.07) is 20.5. The Morgan fingerprint density at radius 3 is 2.60 bits per heavy atom. The maximum atomic E-state index is 12.1. The molecule has 4 aromatic rings. The lowest BCUT2D eigenvalue weighted by molar-refractivity contribution is -0.134. The van der Waals surface area contributed by atoms with Gasteiger partial charge in [-0.3, -0.25) is 9.36 Å². The zero-order chi connectivity index (χ0) is 17.2. The molecule has 0 aliphatic heterocycles. The highest BCUT2D eigenvalue weighted by Gasteiger charge is 2.11. The van der Waals surface area contributed by atoms with E-state index in [0.717, 1.165) is 10.8 Å². The van der Waals surface area contributed by atoms with Crippen molar-refractivity contribution in [2.75, 3.05) is 0 Å². The number of esters is 1. The van der Waals surface area contributed by atoms with Crippen molar-refractivity contribution in [1.29, 1.82) is 0 Å². The Morgan fingerprint density at radius 1 is 0.960 bits per heavy atom. The van der Waals surface area contributed by atoms with Crippen LogP contribution in [0.5, 0.6) is 5.75 Å². The van der Waals surface area contributed by atoms with Crippen molar-refractivity contribution < 1.29 is 13.9 Å². The molecule has 4 rings (SSSR count). The smallest absolute Gasteiger partial charge is 0.419 e. The number of ether oxygens (including phenoxy) is 1. The molecule has 1 heterocycles. The zero-order valence-electron chi connectivity index (χ0n) is 13.3. The van der Waals surface area contributed by atoms with E-state index in [9.17, 15) is 9.59 Å². The highest BCUT2D eigenvalue weighted by molar-refractivity contribution is 5.84. The Balaban J connectivity index is 1.48. The molecule has 25 heavy (non-hydrogen) atoms. The number of hydrogen-bond donors (Lipinski definition) is 0. The monoisotopic (exact) mass is 333 g/mol. The molecule has 0 saturated heterocycles. The number of rotatable bonds is 4. The van der Waals surface area contributed by atoms with Gasteiger partial charge in [0.15, 0.2) is 5.58 Å². The minimum Gasteiger partial charge on any atom is -0.426 e. The summed E-state index contributed by atoms with van der Waals surface area (Å²) in [5.41, 5.74) is 1.18. The van der Waals surface area contributed by atoms with E-state index in [0.29, 0.717) is 16.8 Å². The Labute approximate surface area is 143 Å². The lowest BCUT2D eigenvalue weighted by Crippen LogP contribution is -2.18. The molecule has 124 valence electrons. The van der Waals surface area contributed by atoms with Crippen LogP contribution in [0, 0.1) is 0 Å². The largest absolute Gasteiger partial charge is 0.426 e. The van der Waals surface area contributed by atoms with Gasteiger partial charge in [-0.15, -0.1) is 0 Å². The van der Waals surface area contributed by atoms with E-state index in [1.807, 2.05) is 42.5 Å². The fourth-order valence-corrected chi connectivity index (χ4v) is 2.84. The quantitative estimate of drug-likeness (QED) is 0.421. The van der Waals surface area contributed by atoms with E-state index in [2.05, 4.69) is 0 Å². The maximum absolute atomic E-state index is 12.1. The van der Waals surface area contributed by atoms with Crippen molar-refractivity contribution in [3.05, 3.63) is 77.3 Å². The normalized spacial score (nSPS) is 11.0. The van der Waals surface area contributed by atoms with Gasteiger partial charge in [0.2, 0.25) is 0 Å². The number of aryl methyl sites for hydroxylation is 1. The van der Waals surface area contributed by atoms with Crippen LogP contribution < -0.4 is 10.5 Å². The fourth-order valence-electron chi connectivity index (χ4n) is 2.84. The lowest BCUT2D eigenvalue weighted by Gasteiger charge is -2.06. The minimum atomic E-state index is -0.472. The number of aromatic nitrogens is 1. The summed E-state index contributed by atoms with van der Waals surface area (Å²) in [4.78, 5) is 24.0. The van der Waals surface area contributed by atoms with E-state index in [1.165, 1.54) is 4.57 Å². The van der Waals surface area contributed by atoms with Crippen molar-refractivity contribution in [2.45, 2.75) is 13.0 Å². The first-order valence-corrected chi connectivity index (χ1v) is 7.98. The van der Waals surface area contributed by atoms with E-state index in [-0.39, 0.29) is 13.0 Å². The summed E-state index contributed by atoms with van der Waals surface area (Å²) < 4.78 is 12.0. The van der Waals surface area contributed by atoms with Crippen molar-refractivity contribution in [1.82, 2.24) is 4.57 Å². The van der Waals surface area contributed by atoms with Crippen molar-refractivity contribution in [3.8, 4) is 5.75 Å². The van der Waals surface area contributed by atoms with Gasteiger partial charge in [-0.2, -0.15) is 0 Å². The third-order valence-electron chi connectivity index (χ3n) is 4.07. The molecule has 0 spiro atoms. The molecule has 0 aliphatic rings. The zero-order valence-corrected chi connectivity index (χ0v) is 13.3. The standard InChI is InChI=1S/C20H15NO4/c22-19(24-16-10-9-14-5-1-2-6-15(14)13-16)11-12-21-17-7-3-4-8-18(17)25-20(21)23/h1-10,13H,11-12H2. The third kappa shape index (κ3) is 3.04. The van der Waals surface area contributed by atoms with Crippen LogP contribution in [-0.4, -0.2) is 10.5 Å². The minimum absolute atomic E-state index is 0.0796. The molecule has 5 nitrogen and oxygen atoms in total. The van der Waals surface area contributed by atoms with Crippen molar-refractivity contribution in [3.63, 3.8) is 0 Å². The Hall–Kier alpha value is -3.34. The summed E-state index contributed by atoms with van der Waals surface area (Å²) in [7, 11) is 0. The van der Waals surface area contributed by atoms with Gasteiger partial charge in [0.05, 0.1) is 11.9 Å². The number of oxazole rings is 1.